The standard InChI is InChI=1S/C14H24O5/c1-11(16)14(5,9-15)10-18-8-6-7-12(17)19-13(2,3)4/h6-7,15H,8-10H2,1-5H3/b7-6+. The average molecular weight is 272 g/mol. The Morgan fingerprint density at radius 2 is 1.79 bits per heavy atom. The van der Waals surface area contributed by atoms with Crippen LogP contribution in [-0.2, 0) is 19.1 Å². The molecule has 110 valence electrons. The summed E-state index contributed by atoms with van der Waals surface area (Å²) in [6, 6.07) is 0. The van der Waals surface area contributed by atoms with E-state index < -0.39 is 17.0 Å². The van der Waals surface area contributed by atoms with Crippen LogP contribution < -0.4 is 0 Å². The van der Waals surface area contributed by atoms with Crippen LogP contribution in [0.5, 0.6) is 0 Å². The Bertz CT molecular complexity index is 340. The minimum absolute atomic E-state index is 0.109. The molecular formula is C14H24O5. The topological polar surface area (TPSA) is 72.8 Å². The van der Waals surface area contributed by atoms with Gasteiger partial charge in [0, 0.05) is 6.08 Å². The predicted octanol–water partition coefficient (Wildman–Crippen LogP) is 1.49. The van der Waals surface area contributed by atoms with Crippen molar-refractivity contribution < 1.29 is 24.2 Å². The van der Waals surface area contributed by atoms with Crippen LogP contribution in [0.25, 0.3) is 0 Å². The molecule has 0 aromatic rings. The molecule has 5 heteroatoms. The first-order chi connectivity index (χ1) is 8.60. The number of aliphatic hydroxyl groups excluding tert-OH is 1. The number of carbonyl (C=O) groups is 2. The number of ether oxygens (including phenoxy) is 2. The van der Waals surface area contributed by atoms with Crippen molar-refractivity contribution in [1.82, 2.24) is 0 Å². The number of hydrogen-bond donors (Lipinski definition) is 1. The van der Waals surface area contributed by atoms with Gasteiger partial charge in [-0.05, 0) is 34.6 Å². The second-order valence-electron chi connectivity index (χ2n) is 5.73. The maximum atomic E-state index is 11.3. The van der Waals surface area contributed by atoms with E-state index in [1.807, 2.05) is 0 Å². The third kappa shape index (κ3) is 7.74. The maximum absolute atomic E-state index is 11.3. The lowest BCUT2D eigenvalue weighted by Crippen LogP contribution is -2.34. The van der Waals surface area contributed by atoms with Crippen molar-refractivity contribution in [2.45, 2.75) is 40.2 Å². The van der Waals surface area contributed by atoms with E-state index in [0.717, 1.165) is 0 Å². The van der Waals surface area contributed by atoms with Gasteiger partial charge in [-0.1, -0.05) is 6.08 Å². The fourth-order valence-electron chi connectivity index (χ4n) is 1.09. The van der Waals surface area contributed by atoms with Gasteiger partial charge in [-0.15, -0.1) is 0 Å². The van der Waals surface area contributed by atoms with Gasteiger partial charge < -0.3 is 14.6 Å². The molecule has 0 aliphatic rings. The smallest absolute Gasteiger partial charge is 0.331 e. The monoisotopic (exact) mass is 272 g/mol. The summed E-state index contributed by atoms with van der Waals surface area (Å²) in [5, 5.41) is 9.14. The quantitative estimate of drug-likeness (QED) is 0.432. The van der Waals surface area contributed by atoms with Gasteiger partial charge in [0.1, 0.15) is 11.4 Å². The van der Waals surface area contributed by atoms with Crippen molar-refractivity contribution in [3.05, 3.63) is 12.2 Å². The van der Waals surface area contributed by atoms with Gasteiger partial charge in [-0.3, -0.25) is 4.79 Å². The maximum Gasteiger partial charge on any atom is 0.331 e. The molecule has 0 aromatic carbocycles. The van der Waals surface area contributed by atoms with Crippen LogP contribution in [0.4, 0.5) is 0 Å². The summed E-state index contributed by atoms with van der Waals surface area (Å²) in [5.41, 5.74) is -1.41. The zero-order valence-corrected chi connectivity index (χ0v) is 12.4. The van der Waals surface area contributed by atoms with E-state index >= 15 is 0 Å². The number of carbonyl (C=O) groups excluding carboxylic acids is 2. The summed E-state index contributed by atoms with van der Waals surface area (Å²) in [4.78, 5) is 22.6. The lowest BCUT2D eigenvalue weighted by Gasteiger charge is -2.23. The fraction of sp³-hybridized carbons (Fsp3) is 0.714. The van der Waals surface area contributed by atoms with Crippen molar-refractivity contribution >= 4 is 11.8 Å². The summed E-state index contributed by atoms with van der Waals surface area (Å²) in [6.07, 6.45) is 2.81. The van der Waals surface area contributed by atoms with E-state index in [2.05, 4.69) is 0 Å². The normalized spacial score (nSPS) is 15.3. The molecule has 0 fully saturated rings. The van der Waals surface area contributed by atoms with E-state index in [1.165, 1.54) is 19.1 Å². The van der Waals surface area contributed by atoms with E-state index in [4.69, 9.17) is 14.6 Å². The molecule has 0 radical (unpaired) electrons. The Morgan fingerprint density at radius 1 is 1.21 bits per heavy atom. The summed E-state index contributed by atoms with van der Waals surface area (Å²) in [6.45, 7) is 8.43. The van der Waals surface area contributed by atoms with E-state index in [9.17, 15) is 9.59 Å². The summed E-state index contributed by atoms with van der Waals surface area (Å²) >= 11 is 0. The number of hydrogen-bond acceptors (Lipinski definition) is 5. The number of ketones is 1. The lowest BCUT2D eigenvalue weighted by atomic mass is 9.88. The molecular weight excluding hydrogens is 248 g/mol. The average Bonchev–Trinajstić information content (AvgIpc) is 2.25. The molecule has 0 saturated carbocycles. The van der Waals surface area contributed by atoms with Gasteiger partial charge in [-0.25, -0.2) is 4.79 Å². The molecule has 0 aliphatic heterocycles. The SMILES string of the molecule is CC(=O)C(C)(CO)COC/C=C/C(=O)OC(C)(C)C. The molecule has 1 N–H and O–H groups in total. The molecule has 0 amide bonds. The van der Waals surface area contributed by atoms with Crippen molar-refractivity contribution in [2.24, 2.45) is 5.41 Å². The van der Waals surface area contributed by atoms with Crippen LogP contribution in [0, 0.1) is 5.41 Å². The molecule has 0 aromatic heterocycles. The minimum atomic E-state index is -0.889. The third-order valence-electron chi connectivity index (χ3n) is 2.49. The van der Waals surface area contributed by atoms with Crippen LogP contribution in [0.2, 0.25) is 0 Å². The van der Waals surface area contributed by atoms with Crippen molar-refractivity contribution in [1.29, 1.82) is 0 Å². The van der Waals surface area contributed by atoms with Gasteiger partial charge in [0.05, 0.1) is 25.2 Å². The van der Waals surface area contributed by atoms with E-state index in [-0.39, 0.29) is 25.6 Å². The molecule has 19 heavy (non-hydrogen) atoms. The zero-order valence-electron chi connectivity index (χ0n) is 12.4. The van der Waals surface area contributed by atoms with Crippen LogP contribution >= 0.6 is 0 Å². The second-order valence-corrected chi connectivity index (χ2v) is 5.73. The summed E-state index contributed by atoms with van der Waals surface area (Å²) in [5.74, 6) is -0.571. The van der Waals surface area contributed by atoms with Crippen molar-refractivity contribution in [3.63, 3.8) is 0 Å². The number of esters is 1. The highest BCUT2D eigenvalue weighted by Gasteiger charge is 2.29. The van der Waals surface area contributed by atoms with Gasteiger partial charge in [0.2, 0.25) is 0 Å². The van der Waals surface area contributed by atoms with Crippen LogP contribution in [0.1, 0.15) is 34.6 Å². The van der Waals surface area contributed by atoms with Gasteiger partial charge in [-0.2, -0.15) is 0 Å². The van der Waals surface area contributed by atoms with Crippen molar-refractivity contribution in [3.8, 4) is 0 Å². The van der Waals surface area contributed by atoms with Crippen LogP contribution in [0.15, 0.2) is 12.2 Å². The Hall–Kier alpha value is -1.20. The molecule has 1 atom stereocenters. The second kappa shape index (κ2) is 7.40. The zero-order chi connectivity index (χ0) is 15.1. The molecule has 1 unspecified atom stereocenters. The highest BCUT2D eigenvalue weighted by atomic mass is 16.6. The molecule has 0 saturated heterocycles. The Labute approximate surface area is 114 Å². The van der Waals surface area contributed by atoms with Crippen LogP contribution in [0.3, 0.4) is 0 Å². The van der Waals surface area contributed by atoms with Gasteiger partial charge in [0.25, 0.3) is 0 Å². The summed E-state index contributed by atoms with van der Waals surface area (Å²) in [7, 11) is 0. The number of rotatable bonds is 7. The third-order valence-corrected chi connectivity index (χ3v) is 2.49. The van der Waals surface area contributed by atoms with Crippen molar-refractivity contribution in [2.75, 3.05) is 19.8 Å². The lowest BCUT2D eigenvalue weighted by molar-refractivity contribution is -0.148. The molecule has 5 nitrogen and oxygen atoms in total. The first kappa shape index (κ1) is 17.8. The Balaban J connectivity index is 4.05. The van der Waals surface area contributed by atoms with Gasteiger partial charge in [0.15, 0.2) is 0 Å². The molecule has 0 bridgehead atoms. The fourth-order valence-corrected chi connectivity index (χ4v) is 1.09. The highest BCUT2D eigenvalue weighted by Crippen LogP contribution is 2.16. The Kier molecular flexibility index (Phi) is 6.94. The highest BCUT2D eigenvalue weighted by molar-refractivity contribution is 5.82. The van der Waals surface area contributed by atoms with E-state index in [1.54, 1.807) is 27.7 Å². The van der Waals surface area contributed by atoms with Gasteiger partial charge >= 0.3 is 5.97 Å². The molecule has 0 heterocycles. The Morgan fingerprint density at radius 3 is 2.21 bits per heavy atom. The molecule has 0 rings (SSSR count). The number of Topliss-reactive ketones (excluding diaryl/α,β-unsaturated/α-hetero) is 1. The molecule has 0 spiro atoms. The minimum Gasteiger partial charge on any atom is -0.457 e. The predicted molar refractivity (Wildman–Crippen MR) is 71.7 cm³/mol. The first-order valence-electron chi connectivity index (χ1n) is 6.20. The van der Waals surface area contributed by atoms with Crippen LogP contribution in [-0.4, -0.2) is 42.3 Å². The van der Waals surface area contributed by atoms with E-state index in [0.29, 0.717) is 0 Å². The number of aliphatic hydroxyl groups is 1. The first-order valence-corrected chi connectivity index (χ1v) is 6.20. The largest absolute Gasteiger partial charge is 0.457 e. The molecule has 0 aliphatic carbocycles. The summed E-state index contributed by atoms with van der Waals surface area (Å²) < 4.78 is 10.3.